The molecule has 0 atom stereocenters. The van der Waals surface area contributed by atoms with Crippen molar-refractivity contribution in [3.63, 3.8) is 0 Å². The van der Waals surface area contributed by atoms with Crippen LogP contribution in [0.4, 0.5) is 5.69 Å². The van der Waals surface area contributed by atoms with E-state index in [-0.39, 0.29) is 10.7 Å². The van der Waals surface area contributed by atoms with Crippen LogP contribution in [-0.4, -0.2) is 9.91 Å². The molecule has 0 saturated heterocycles. The first kappa shape index (κ1) is 8.59. The van der Waals surface area contributed by atoms with Crippen LogP contribution in [0.5, 0.6) is 0 Å². The molecule has 2 aromatic rings. The molecule has 1 aromatic heterocycles. The average Bonchev–Trinajstić information content (AvgIpc) is 2.59. The number of rotatable bonds is 1. The fourth-order valence-electron chi connectivity index (χ4n) is 1.13. The second-order valence-corrected chi connectivity index (χ2v) is 3.54. The van der Waals surface area contributed by atoms with E-state index in [2.05, 4.69) is 4.98 Å². The first-order valence-electron chi connectivity index (χ1n) is 3.66. The van der Waals surface area contributed by atoms with Gasteiger partial charge in [-0.2, -0.15) is 5.26 Å². The minimum absolute atomic E-state index is 0.0553. The molecule has 6 heteroatoms. The molecule has 5 nitrogen and oxygen atoms in total. The molecular weight excluding hydrogens is 202 g/mol. The molecule has 0 N–H and O–H groups in total. The lowest BCUT2D eigenvalue weighted by Crippen LogP contribution is -1.88. The van der Waals surface area contributed by atoms with Crippen molar-refractivity contribution in [2.24, 2.45) is 0 Å². The zero-order chi connectivity index (χ0) is 10.1. The van der Waals surface area contributed by atoms with Crippen molar-refractivity contribution < 1.29 is 4.92 Å². The van der Waals surface area contributed by atoms with E-state index in [1.807, 2.05) is 6.07 Å². The first-order chi connectivity index (χ1) is 6.72. The average molecular weight is 205 g/mol. The number of para-hydroxylation sites is 1. The van der Waals surface area contributed by atoms with E-state index in [1.165, 1.54) is 6.07 Å². The smallest absolute Gasteiger partial charge is 0.258 e. The molecule has 0 aliphatic heterocycles. The summed E-state index contributed by atoms with van der Waals surface area (Å²) in [6.45, 7) is 0. The van der Waals surface area contributed by atoms with E-state index in [0.717, 1.165) is 11.3 Å². The maximum atomic E-state index is 10.6. The van der Waals surface area contributed by atoms with Gasteiger partial charge in [0.05, 0.1) is 9.62 Å². The molecule has 14 heavy (non-hydrogen) atoms. The number of thiazole rings is 1. The summed E-state index contributed by atoms with van der Waals surface area (Å²) >= 11 is 1.15. The van der Waals surface area contributed by atoms with Crippen molar-refractivity contribution in [1.29, 1.82) is 5.26 Å². The normalized spacial score (nSPS) is 9.93. The molecule has 1 aromatic carbocycles. The third-order valence-electron chi connectivity index (χ3n) is 1.69. The summed E-state index contributed by atoms with van der Waals surface area (Å²) in [4.78, 5) is 14.0. The quantitative estimate of drug-likeness (QED) is 0.527. The molecule has 0 aliphatic rings. The van der Waals surface area contributed by atoms with Crippen molar-refractivity contribution in [2.75, 3.05) is 0 Å². The number of hydrogen-bond donors (Lipinski definition) is 0. The molecule has 0 bridgehead atoms. The maximum Gasteiger partial charge on any atom is 0.296 e. The third-order valence-corrected chi connectivity index (χ3v) is 2.62. The highest BCUT2D eigenvalue weighted by molar-refractivity contribution is 7.19. The fourth-order valence-corrected chi connectivity index (χ4v) is 1.91. The predicted molar refractivity (Wildman–Crippen MR) is 51.0 cm³/mol. The van der Waals surface area contributed by atoms with Crippen LogP contribution in [0.15, 0.2) is 18.2 Å². The molecule has 0 aliphatic carbocycles. The highest BCUT2D eigenvalue weighted by Gasteiger charge is 2.15. The lowest BCUT2D eigenvalue weighted by Gasteiger charge is -1.89. The molecule has 0 spiro atoms. The molecular formula is C8H3N3O2S. The zero-order valence-electron chi connectivity index (χ0n) is 6.80. The standard InChI is InChI=1S/C8H3N3O2S/c9-4-7-10-8-5(11(12)13)2-1-3-6(8)14-7/h1-3H. The summed E-state index contributed by atoms with van der Waals surface area (Å²) in [6, 6.07) is 6.54. The van der Waals surface area contributed by atoms with Gasteiger partial charge in [0.2, 0.25) is 0 Å². The van der Waals surface area contributed by atoms with E-state index in [1.54, 1.807) is 12.1 Å². The van der Waals surface area contributed by atoms with Gasteiger partial charge in [-0.1, -0.05) is 6.07 Å². The van der Waals surface area contributed by atoms with E-state index in [0.29, 0.717) is 10.2 Å². The minimum atomic E-state index is -0.497. The Morgan fingerprint density at radius 3 is 3.00 bits per heavy atom. The van der Waals surface area contributed by atoms with Crippen LogP contribution in [0, 0.1) is 21.4 Å². The number of aromatic nitrogens is 1. The van der Waals surface area contributed by atoms with Gasteiger partial charge in [0.25, 0.3) is 5.69 Å². The van der Waals surface area contributed by atoms with Crippen molar-refractivity contribution in [2.45, 2.75) is 0 Å². The molecule has 0 amide bonds. The Hall–Kier alpha value is -2.00. The number of nitro groups is 1. The molecule has 0 unspecified atom stereocenters. The van der Waals surface area contributed by atoms with E-state index >= 15 is 0 Å². The van der Waals surface area contributed by atoms with Crippen LogP contribution >= 0.6 is 11.3 Å². The van der Waals surface area contributed by atoms with E-state index in [4.69, 9.17) is 5.26 Å². The number of benzene rings is 1. The molecule has 2 rings (SSSR count). The van der Waals surface area contributed by atoms with Crippen LogP contribution in [0.2, 0.25) is 0 Å². The summed E-state index contributed by atoms with van der Waals surface area (Å²) in [6.07, 6.45) is 0. The number of nitrogens with zero attached hydrogens (tertiary/aromatic N) is 3. The van der Waals surface area contributed by atoms with Gasteiger partial charge in [-0.05, 0) is 6.07 Å². The highest BCUT2D eigenvalue weighted by atomic mass is 32.1. The van der Waals surface area contributed by atoms with Crippen molar-refractivity contribution in [3.05, 3.63) is 33.3 Å². The van der Waals surface area contributed by atoms with Gasteiger partial charge in [0.1, 0.15) is 6.07 Å². The zero-order valence-corrected chi connectivity index (χ0v) is 7.61. The highest BCUT2D eigenvalue weighted by Crippen LogP contribution is 2.28. The number of fused-ring (bicyclic) bond motifs is 1. The van der Waals surface area contributed by atoms with Crippen molar-refractivity contribution in [3.8, 4) is 6.07 Å². The van der Waals surface area contributed by atoms with Gasteiger partial charge in [-0.3, -0.25) is 10.1 Å². The summed E-state index contributed by atoms with van der Waals surface area (Å²) in [5, 5.41) is 19.4. The molecule has 0 fully saturated rings. The largest absolute Gasteiger partial charge is 0.296 e. The number of nitriles is 1. The Kier molecular flexibility index (Phi) is 1.87. The first-order valence-corrected chi connectivity index (χ1v) is 4.48. The van der Waals surface area contributed by atoms with Crippen LogP contribution in [0.3, 0.4) is 0 Å². The number of nitro benzene ring substituents is 1. The third kappa shape index (κ3) is 1.20. The topological polar surface area (TPSA) is 79.8 Å². The number of hydrogen-bond acceptors (Lipinski definition) is 5. The molecule has 0 radical (unpaired) electrons. The van der Waals surface area contributed by atoms with Crippen molar-refractivity contribution in [1.82, 2.24) is 4.98 Å². The lowest BCUT2D eigenvalue weighted by atomic mass is 10.3. The van der Waals surface area contributed by atoms with Gasteiger partial charge >= 0.3 is 0 Å². The maximum absolute atomic E-state index is 10.6. The second kappa shape index (κ2) is 3.05. The van der Waals surface area contributed by atoms with Gasteiger partial charge in [0.15, 0.2) is 10.5 Å². The molecule has 0 saturated carbocycles. The van der Waals surface area contributed by atoms with Crippen LogP contribution in [0.1, 0.15) is 5.01 Å². The Morgan fingerprint density at radius 2 is 2.36 bits per heavy atom. The van der Waals surface area contributed by atoms with Crippen LogP contribution < -0.4 is 0 Å². The fraction of sp³-hybridized carbons (Fsp3) is 0. The Morgan fingerprint density at radius 1 is 1.57 bits per heavy atom. The van der Waals surface area contributed by atoms with Gasteiger partial charge in [0, 0.05) is 6.07 Å². The van der Waals surface area contributed by atoms with Crippen LogP contribution in [0.25, 0.3) is 10.2 Å². The lowest BCUT2D eigenvalue weighted by molar-refractivity contribution is -0.383. The monoisotopic (exact) mass is 205 g/mol. The minimum Gasteiger partial charge on any atom is -0.258 e. The van der Waals surface area contributed by atoms with Crippen molar-refractivity contribution >= 4 is 27.2 Å². The number of non-ortho nitro benzene ring substituents is 1. The summed E-state index contributed by atoms with van der Waals surface area (Å²) < 4.78 is 0.663. The van der Waals surface area contributed by atoms with Gasteiger partial charge < -0.3 is 0 Å². The Balaban J connectivity index is 2.81. The Labute approximate surface area is 82.4 Å². The van der Waals surface area contributed by atoms with E-state index < -0.39 is 4.92 Å². The summed E-state index contributed by atoms with van der Waals surface area (Å²) in [5.74, 6) is 0. The second-order valence-electron chi connectivity index (χ2n) is 2.51. The molecule has 1 heterocycles. The summed E-state index contributed by atoms with van der Waals surface area (Å²) in [7, 11) is 0. The van der Waals surface area contributed by atoms with Gasteiger partial charge in [-0.25, -0.2) is 4.98 Å². The SMILES string of the molecule is N#Cc1nc2c([N+](=O)[O-])cccc2s1. The van der Waals surface area contributed by atoms with E-state index in [9.17, 15) is 10.1 Å². The molecule has 68 valence electrons. The Bertz CT molecular complexity index is 555. The van der Waals surface area contributed by atoms with Gasteiger partial charge in [-0.15, -0.1) is 11.3 Å². The predicted octanol–water partition coefficient (Wildman–Crippen LogP) is 2.08. The van der Waals surface area contributed by atoms with Crippen LogP contribution in [-0.2, 0) is 0 Å². The summed E-state index contributed by atoms with van der Waals surface area (Å²) in [5.41, 5.74) is 0.235.